The Morgan fingerprint density at radius 2 is 2.25 bits per heavy atom. The Hall–Kier alpha value is -1.43. The Balaban J connectivity index is 2.63. The molecule has 0 heterocycles. The number of nitro groups is 1. The lowest BCUT2D eigenvalue weighted by Gasteiger charge is -2.02. The van der Waals surface area contributed by atoms with Crippen LogP contribution in [0.5, 0.6) is 0 Å². The minimum Gasteiger partial charge on any atom is -0.465 e. The number of hydrogen-bond donors (Lipinski definition) is 0. The van der Waals surface area contributed by atoms with Crippen LogP contribution in [0.1, 0.15) is 5.56 Å². The van der Waals surface area contributed by atoms with Crippen molar-refractivity contribution in [1.29, 1.82) is 0 Å². The van der Waals surface area contributed by atoms with Gasteiger partial charge in [-0.1, -0.05) is 28.1 Å². The zero-order valence-electron chi connectivity index (χ0n) is 8.39. The largest absolute Gasteiger partial charge is 0.465 e. The Labute approximate surface area is 101 Å². The average molecular weight is 288 g/mol. The van der Waals surface area contributed by atoms with E-state index in [0.29, 0.717) is 17.5 Å². The van der Waals surface area contributed by atoms with Crippen molar-refractivity contribution in [3.8, 4) is 0 Å². The maximum atomic E-state index is 11.2. The average Bonchev–Trinajstić information content (AvgIpc) is 2.26. The van der Waals surface area contributed by atoms with Gasteiger partial charge in [-0.2, -0.15) is 0 Å². The summed E-state index contributed by atoms with van der Waals surface area (Å²) >= 11 is 3.13. The second-order valence-corrected chi connectivity index (χ2v) is 3.81. The van der Waals surface area contributed by atoms with Crippen LogP contribution < -0.4 is 0 Å². The Morgan fingerprint density at radius 1 is 1.50 bits per heavy atom. The molecule has 6 heteroatoms. The van der Waals surface area contributed by atoms with E-state index in [-0.39, 0.29) is 18.1 Å². The van der Waals surface area contributed by atoms with E-state index < -0.39 is 4.92 Å². The molecule has 1 aromatic rings. The number of carbonyl (C=O) groups is 1. The first-order chi connectivity index (χ1) is 7.63. The Kier molecular flexibility index (Phi) is 4.91. The van der Waals surface area contributed by atoms with Crippen LogP contribution in [-0.2, 0) is 16.0 Å². The van der Waals surface area contributed by atoms with Crippen molar-refractivity contribution in [2.75, 3.05) is 11.9 Å². The second kappa shape index (κ2) is 6.22. The fourth-order valence-corrected chi connectivity index (χ4v) is 1.31. The quantitative estimate of drug-likeness (QED) is 0.360. The third-order valence-electron chi connectivity index (χ3n) is 1.81. The number of hydrogen-bond acceptors (Lipinski definition) is 4. The molecule has 0 atom stereocenters. The van der Waals surface area contributed by atoms with Crippen molar-refractivity contribution in [2.24, 2.45) is 0 Å². The molecular formula is C10H10BrNO4. The van der Waals surface area contributed by atoms with Crippen molar-refractivity contribution in [3.63, 3.8) is 0 Å². The fraction of sp³-hybridized carbons (Fsp3) is 0.300. The van der Waals surface area contributed by atoms with Crippen molar-refractivity contribution in [2.45, 2.75) is 6.42 Å². The number of halogens is 1. The predicted molar refractivity (Wildman–Crippen MR) is 61.6 cm³/mol. The van der Waals surface area contributed by atoms with Crippen LogP contribution in [0.2, 0.25) is 0 Å². The van der Waals surface area contributed by atoms with Gasteiger partial charge in [0.05, 0.1) is 11.3 Å². The molecule has 1 rings (SSSR count). The zero-order chi connectivity index (χ0) is 12.0. The van der Waals surface area contributed by atoms with E-state index in [1.807, 2.05) is 0 Å². The van der Waals surface area contributed by atoms with Gasteiger partial charge in [-0.25, -0.2) is 0 Å². The molecule has 0 spiro atoms. The molecule has 0 aliphatic heterocycles. The first-order valence-electron chi connectivity index (χ1n) is 4.58. The monoisotopic (exact) mass is 287 g/mol. The highest BCUT2D eigenvalue weighted by molar-refractivity contribution is 9.09. The lowest BCUT2D eigenvalue weighted by Crippen LogP contribution is -2.09. The van der Waals surface area contributed by atoms with E-state index in [1.165, 1.54) is 12.1 Å². The van der Waals surface area contributed by atoms with E-state index >= 15 is 0 Å². The van der Waals surface area contributed by atoms with Gasteiger partial charge in [-0.15, -0.1) is 0 Å². The van der Waals surface area contributed by atoms with Crippen LogP contribution >= 0.6 is 15.9 Å². The van der Waals surface area contributed by atoms with Gasteiger partial charge in [-0.3, -0.25) is 14.9 Å². The number of alkyl halides is 1. The maximum absolute atomic E-state index is 11.2. The van der Waals surface area contributed by atoms with Gasteiger partial charge in [-0.05, 0) is 5.56 Å². The summed E-state index contributed by atoms with van der Waals surface area (Å²) in [7, 11) is 0. The number of nitrogens with zero attached hydrogens (tertiary/aromatic N) is 1. The summed E-state index contributed by atoms with van der Waals surface area (Å²) in [4.78, 5) is 21.2. The van der Waals surface area contributed by atoms with Crippen molar-refractivity contribution in [3.05, 3.63) is 39.9 Å². The normalized spacial score (nSPS) is 9.81. The highest BCUT2D eigenvalue weighted by Gasteiger charge is 2.09. The summed E-state index contributed by atoms with van der Waals surface area (Å²) in [5.74, 6) is -0.389. The Bertz CT molecular complexity index is 394. The maximum Gasteiger partial charge on any atom is 0.310 e. The van der Waals surface area contributed by atoms with Crippen LogP contribution in [0.4, 0.5) is 5.69 Å². The number of esters is 1. The van der Waals surface area contributed by atoms with E-state index in [0.717, 1.165) is 0 Å². The standard InChI is InChI=1S/C10H10BrNO4/c11-4-5-16-10(13)7-8-2-1-3-9(6-8)12(14)15/h1-3,6H,4-5,7H2. The van der Waals surface area contributed by atoms with Gasteiger partial charge >= 0.3 is 5.97 Å². The molecule has 0 unspecified atom stereocenters. The second-order valence-electron chi connectivity index (χ2n) is 3.01. The van der Waals surface area contributed by atoms with E-state index in [4.69, 9.17) is 4.74 Å². The molecule has 0 fully saturated rings. The molecule has 0 bridgehead atoms. The number of nitro benzene ring substituents is 1. The minimum absolute atomic E-state index is 0.0224. The molecule has 0 saturated carbocycles. The van der Waals surface area contributed by atoms with Crippen LogP contribution in [-0.4, -0.2) is 22.8 Å². The highest BCUT2D eigenvalue weighted by atomic mass is 79.9. The molecule has 0 aliphatic carbocycles. The number of non-ortho nitro benzene ring substituents is 1. The fourth-order valence-electron chi connectivity index (χ4n) is 1.15. The molecular weight excluding hydrogens is 278 g/mol. The van der Waals surface area contributed by atoms with Crippen LogP contribution in [0.3, 0.4) is 0 Å². The topological polar surface area (TPSA) is 69.4 Å². The van der Waals surface area contributed by atoms with Crippen molar-refractivity contribution >= 4 is 27.6 Å². The van der Waals surface area contributed by atoms with Crippen LogP contribution in [0, 0.1) is 10.1 Å². The molecule has 0 saturated heterocycles. The summed E-state index contributed by atoms with van der Waals surface area (Å²) in [6.45, 7) is 0.299. The van der Waals surface area contributed by atoms with E-state index in [9.17, 15) is 14.9 Å². The SMILES string of the molecule is O=C(Cc1cccc([N+](=O)[O-])c1)OCCBr. The van der Waals surface area contributed by atoms with Gasteiger partial charge in [0.25, 0.3) is 5.69 Å². The van der Waals surface area contributed by atoms with E-state index in [2.05, 4.69) is 15.9 Å². The molecule has 0 aromatic heterocycles. The van der Waals surface area contributed by atoms with Crippen molar-refractivity contribution in [1.82, 2.24) is 0 Å². The molecule has 0 amide bonds. The summed E-state index contributed by atoms with van der Waals surface area (Å²) in [5.41, 5.74) is 0.555. The smallest absolute Gasteiger partial charge is 0.310 e. The van der Waals surface area contributed by atoms with Gasteiger partial charge in [0.15, 0.2) is 0 Å². The van der Waals surface area contributed by atoms with Crippen LogP contribution in [0.15, 0.2) is 24.3 Å². The summed E-state index contributed by atoms with van der Waals surface area (Å²) in [6.07, 6.45) is 0.0503. The van der Waals surface area contributed by atoms with Gasteiger partial charge in [0, 0.05) is 17.5 Å². The first kappa shape index (κ1) is 12.6. The van der Waals surface area contributed by atoms with Crippen molar-refractivity contribution < 1.29 is 14.5 Å². The minimum atomic E-state index is -0.493. The van der Waals surface area contributed by atoms with E-state index in [1.54, 1.807) is 12.1 Å². The third kappa shape index (κ3) is 3.98. The summed E-state index contributed by atoms with van der Waals surface area (Å²) < 4.78 is 4.84. The lowest BCUT2D eigenvalue weighted by atomic mass is 10.1. The molecule has 5 nitrogen and oxygen atoms in total. The molecule has 86 valence electrons. The predicted octanol–water partition coefficient (Wildman–Crippen LogP) is 2.08. The molecule has 16 heavy (non-hydrogen) atoms. The molecule has 0 radical (unpaired) electrons. The lowest BCUT2D eigenvalue weighted by molar-refractivity contribution is -0.384. The molecule has 0 N–H and O–H groups in total. The first-order valence-corrected chi connectivity index (χ1v) is 5.70. The number of benzene rings is 1. The number of rotatable bonds is 5. The number of ether oxygens (including phenoxy) is 1. The third-order valence-corrected chi connectivity index (χ3v) is 2.13. The molecule has 0 aliphatic rings. The van der Waals surface area contributed by atoms with Gasteiger partial charge in [0.2, 0.25) is 0 Å². The van der Waals surface area contributed by atoms with Crippen LogP contribution in [0.25, 0.3) is 0 Å². The summed E-state index contributed by atoms with van der Waals surface area (Å²) in [5, 5.41) is 11.1. The van der Waals surface area contributed by atoms with Gasteiger partial charge in [0.1, 0.15) is 6.61 Å². The summed E-state index contributed by atoms with van der Waals surface area (Å²) in [6, 6.07) is 5.95. The van der Waals surface area contributed by atoms with Gasteiger partial charge < -0.3 is 4.74 Å². The molecule has 1 aromatic carbocycles. The Morgan fingerprint density at radius 3 is 2.88 bits per heavy atom. The number of carbonyl (C=O) groups excluding carboxylic acids is 1. The zero-order valence-corrected chi connectivity index (χ0v) is 9.97. The highest BCUT2D eigenvalue weighted by Crippen LogP contribution is 2.13.